The Bertz CT molecular complexity index is 471. The molecule has 4 atom stereocenters. The quantitative estimate of drug-likeness (QED) is 0.878. The van der Waals surface area contributed by atoms with Gasteiger partial charge in [0.15, 0.2) is 0 Å². The van der Waals surface area contributed by atoms with Crippen molar-refractivity contribution in [1.29, 1.82) is 0 Å². The summed E-state index contributed by atoms with van der Waals surface area (Å²) in [6, 6.07) is 3.41. The zero-order valence-electron chi connectivity index (χ0n) is 9.83. The molecular formula is C13H15NO3S. The third-order valence-electron chi connectivity index (χ3n) is 4.24. The molecule has 0 saturated heterocycles. The normalized spacial score (nSPS) is 33.6. The molecule has 0 radical (unpaired) electrons. The van der Waals surface area contributed by atoms with Gasteiger partial charge >= 0.3 is 5.97 Å². The lowest BCUT2D eigenvalue weighted by molar-refractivity contribution is -0.144. The summed E-state index contributed by atoms with van der Waals surface area (Å²) in [5.74, 6) is -0.693. The summed E-state index contributed by atoms with van der Waals surface area (Å²) in [5.41, 5.74) is 0. The zero-order chi connectivity index (χ0) is 12.7. The maximum atomic E-state index is 12.0. The van der Waals surface area contributed by atoms with Gasteiger partial charge in [-0.25, -0.2) is 0 Å². The number of hydrogen-bond acceptors (Lipinski definition) is 3. The monoisotopic (exact) mass is 265 g/mol. The molecule has 1 aromatic rings. The van der Waals surface area contributed by atoms with Gasteiger partial charge in [-0.3, -0.25) is 9.59 Å². The first-order chi connectivity index (χ1) is 8.66. The van der Waals surface area contributed by atoms with Crippen LogP contribution in [-0.4, -0.2) is 23.0 Å². The van der Waals surface area contributed by atoms with Crippen LogP contribution >= 0.6 is 11.3 Å². The summed E-state index contributed by atoms with van der Waals surface area (Å²) in [5, 5.41) is 14.1. The number of fused-ring (bicyclic) bond motifs is 2. The SMILES string of the molecule is O=C(NC1C2CCC(C2)C1C(=O)O)c1cccs1. The van der Waals surface area contributed by atoms with Crippen LogP contribution in [0, 0.1) is 17.8 Å². The van der Waals surface area contributed by atoms with E-state index in [1.54, 1.807) is 6.07 Å². The summed E-state index contributed by atoms with van der Waals surface area (Å²) < 4.78 is 0. The van der Waals surface area contributed by atoms with Crippen molar-refractivity contribution in [3.05, 3.63) is 22.4 Å². The fourth-order valence-corrected chi connectivity index (χ4v) is 4.11. The second-order valence-corrected chi connectivity index (χ2v) is 6.12. The van der Waals surface area contributed by atoms with Crippen molar-refractivity contribution in [3.63, 3.8) is 0 Å². The lowest BCUT2D eigenvalue weighted by Gasteiger charge is -2.28. The first-order valence-corrected chi connectivity index (χ1v) is 7.12. The molecule has 18 heavy (non-hydrogen) atoms. The summed E-state index contributed by atoms with van der Waals surface area (Å²) in [4.78, 5) is 24.0. The van der Waals surface area contributed by atoms with Crippen LogP contribution in [-0.2, 0) is 4.79 Å². The van der Waals surface area contributed by atoms with E-state index in [9.17, 15) is 14.7 Å². The highest BCUT2D eigenvalue weighted by Gasteiger charge is 2.51. The molecule has 0 spiro atoms. The molecule has 2 aliphatic rings. The molecule has 2 fully saturated rings. The predicted molar refractivity (Wildman–Crippen MR) is 67.5 cm³/mol. The lowest BCUT2D eigenvalue weighted by Crippen LogP contribution is -2.46. The molecule has 1 aromatic heterocycles. The van der Waals surface area contributed by atoms with Crippen molar-refractivity contribution in [1.82, 2.24) is 5.32 Å². The Labute approximate surface area is 109 Å². The van der Waals surface area contributed by atoms with Crippen LogP contribution in [0.1, 0.15) is 28.9 Å². The molecule has 2 N–H and O–H groups in total. The number of carbonyl (C=O) groups excluding carboxylic acids is 1. The van der Waals surface area contributed by atoms with Crippen LogP contribution in [0.5, 0.6) is 0 Å². The van der Waals surface area contributed by atoms with Gasteiger partial charge in [0.1, 0.15) is 0 Å². The molecule has 5 heteroatoms. The average Bonchev–Trinajstić information content (AvgIpc) is 3.05. The van der Waals surface area contributed by atoms with E-state index in [4.69, 9.17) is 0 Å². The summed E-state index contributed by atoms with van der Waals surface area (Å²) in [7, 11) is 0. The molecule has 4 nitrogen and oxygen atoms in total. The van der Waals surface area contributed by atoms with E-state index in [1.807, 2.05) is 11.4 Å². The van der Waals surface area contributed by atoms with Crippen molar-refractivity contribution < 1.29 is 14.7 Å². The Morgan fingerprint density at radius 3 is 2.78 bits per heavy atom. The zero-order valence-corrected chi connectivity index (χ0v) is 10.7. The highest BCUT2D eigenvalue weighted by molar-refractivity contribution is 7.12. The van der Waals surface area contributed by atoms with Crippen LogP contribution in [0.2, 0.25) is 0 Å². The van der Waals surface area contributed by atoms with Gasteiger partial charge in [0.2, 0.25) is 0 Å². The van der Waals surface area contributed by atoms with Crippen LogP contribution in [0.4, 0.5) is 0 Å². The number of nitrogens with one attached hydrogen (secondary N) is 1. The van der Waals surface area contributed by atoms with Crippen molar-refractivity contribution in [2.75, 3.05) is 0 Å². The second kappa shape index (κ2) is 4.39. The first kappa shape index (κ1) is 11.7. The van der Waals surface area contributed by atoms with Gasteiger partial charge in [-0.2, -0.15) is 0 Å². The molecular weight excluding hydrogens is 250 g/mol. The Morgan fingerprint density at radius 2 is 2.11 bits per heavy atom. The lowest BCUT2D eigenvalue weighted by atomic mass is 9.84. The molecule has 0 aromatic carbocycles. The van der Waals surface area contributed by atoms with Gasteiger partial charge < -0.3 is 10.4 Å². The molecule has 1 amide bonds. The number of carboxylic acids is 1. The summed E-state index contributed by atoms with van der Waals surface area (Å²) in [6.45, 7) is 0. The summed E-state index contributed by atoms with van der Waals surface area (Å²) in [6.07, 6.45) is 2.99. The number of aliphatic carboxylic acids is 1. The Morgan fingerprint density at radius 1 is 1.33 bits per heavy atom. The van der Waals surface area contributed by atoms with Crippen molar-refractivity contribution in [3.8, 4) is 0 Å². The predicted octanol–water partition coefficient (Wildman–Crippen LogP) is 1.98. The fourth-order valence-electron chi connectivity index (χ4n) is 3.48. The van der Waals surface area contributed by atoms with Crippen molar-refractivity contribution in [2.45, 2.75) is 25.3 Å². The van der Waals surface area contributed by atoms with E-state index in [1.165, 1.54) is 11.3 Å². The van der Waals surface area contributed by atoms with Gasteiger partial charge in [0.25, 0.3) is 5.91 Å². The van der Waals surface area contributed by atoms with Gasteiger partial charge in [-0.15, -0.1) is 11.3 Å². The molecule has 96 valence electrons. The van der Waals surface area contributed by atoms with Gasteiger partial charge in [-0.1, -0.05) is 6.07 Å². The maximum absolute atomic E-state index is 12.0. The topological polar surface area (TPSA) is 66.4 Å². The second-order valence-electron chi connectivity index (χ2n) is 5.17. The third-order valence-corrected chi connectivity index (χ3v) is 5.11. The van der Waals surface area contributed by atoms with Crippen molar-refractivity contribution >= 4 is 23.2 Å². The molecule has 2 bridgehead atoms. The Kier molecular flexibility index (Phi) is 2.86. The Hall–Kier alpha value is -1.36. The molecule has 2 aliphatic carbocycles. The van der Waals surface area contributed by atoms with Crippen LogP contribution in [0.25, 0.3) is 0 Å². The largest absolute Gasteiger partial charge is 0.481 e. The van der Waals surface area contributed by atoms with Crippen LogP contribution in [0.15, 0.2) is 17.5 Å². The minimum absolute atomic E-state index is 0.131. The number of carbonyl (C=O) groups is 2. The standard InChI is InChI=1S/C13H15NO3S/c15-12(9-2-1-5-18-9)14-11-8-4-3-7(6-8)10(11)13(16)17/h1-2,5,7-8,10-11H,3-4,6H2,(H,14,15)(H,16,17). The maximum Gasteiger partial charge on any atom is 0.308 e. The molecule has 2 saturated carbocycles. The van der Waals surface area contributed by atoms with Gasteiger partial charge in [0.05, 0.1) is 10.8 Å². The third kappa shape index (κ3) is 1.82. The molecule has 0 aliphatic heterocycles. The van der Waals surface area contributed by atoms with E-state index in [0.29, 0.717) is 10.8 Å². The average molecular weight is 265 g/mol. The van der Waals surface area contributed by atoms with E-state index in [-0.39, 0.29) is 17.9 Å². The van der Waals surface area contributed by atoms with Crippen molar-refractivity contribution in [2.24, 2.45) is 17.8 Å². The smallest absolute Gasteiger partial charge is 0.308 e. The highest BCUT2D eigenvalue weighted by atomic mass is 32.1. The van der Waals surface area contributed by atoms with E-state index in [2.05, 4.69) is 5.32 Å². The van der Waals surface area contributed by atoms with Crippen LogP contribution in [0.3, 0.4) is 0 Å². The minimum atomic E-state index is -0.765. The minimum Gasteiger partial charge on any atom is -0.481 e. The molecule has 1 heterocycles. The molecule has 3 rings (SSSR count). The number of thiophene rings is 1. The number of hydrogen-bond donors (Lipinski definition) is 2. The van der Waals surface area contributed by atoms with E-state index in [0.717, 1.165) is 19.3 Å². The van der Waals surface area contributed by atoms with Crippen LogP contribution < -0.4 is 5.32 Å². The number of rotatable bonds is 3. The van der Waals surface area contributed by atoms with E-state index < -0.39 is 11.9 Å². The number of carboxylic acid groups (broad SMARTS) is 1. The molecule has 4 unspecified atom stereocenters. The van der Waals surface area contributed by atoms with Gasteiger partial charge in [-0.05, 0) is 42.5 Å². The summed E-state index contributed by atoms with van der Waals surface area (Å²) >= 11 is 1.38. The number of amides is 1. The highest BCUT2D eigenvalue weighted by Crippen LogP contribution is 2.48. The first-order valence-electron chi connectivity index (χ1n) is 6.24. The Balaban J connectivity index is 1.75. The fraction of sp³-hybridized carbons (Fsp3) is 0.538. The van der Waals surface area contributed by atoms with Gasteiger partial charge in [0, 0.05) is 6.04 Å². The van der Waals surface area contributed by atoms with E-state index >= 15 is 0 Å².